The van der Waals surface area contributed by atoms with Crippen LogP contribution in [0.25, 0.3) is 5.69 Å². The Morgan fingerprint density at radius 1 is 1.08 bits per heavy atom. The molecule has 2 heterocycles. The molecule has 0 spiro atoms. The third-order valence-corrected chi connectivity index (χ3v) is 6.25. The van der Waals surface area contributed by atoms with E-state index in [1.165, 1.54) is 12.1 Å². The Labute approximate surface area is 209 Å². The number of benzene rings is 3. The number of rotatable bonds is 8. The molecule has 5 rings (SSSR count). The number of halogens is 1. The highest BCUT2D eigenvalue weighted by Gasteiger charge is 2.28. The lowest BCUT2D eigenvalue weighted by atomic mass is 10.1. The number of nitrogens with zero attached hydrogens (tertiary/aromatic N) is 3. The first-order valence-electron chi connectivity index (χ1n) is 12.1. The summed E-state index contributed by atoms with van der Waals surface area (Å²) in [6.07, 6.45) is 1.77. The van der Waals surface area contributed by atoms with Gasteiger partial charge < -0.3 is 14.4 Å². The predicted molar refractivity (Wildman–Crippen MR) is 135 cm³/mol. The number of ether oxygens (including phenoxy) is 2. The fourth-order valence-corrected chi connectivity index (χ4v) is 4.42. The van der Waals surface area contributed by atoms with Crippen molar-refractivity contribution in [3.05, 3.63) is 108 Å². The van der Waals surface area contributed by atoms with Crippen LogP contribution < -0.4 is 4.74 Å². The number of para-hydroxylation sites is 2. The van der Waals surface area contributed by atoms with Crippen LogP contribution in [0.5, 0.6) is 11.6 Å². The molecule has 0 radical (unpaired) electrons. The number of aryl methyl sites for hydroxylation is 1. The third kappa shape index (κ3) is 5.31. The predicted octanol–water partition coefficient (Wildman–Crippen LogP) is 5.93. The quantitative estimate of drug-likeness (QED) is 0.310. The number of hydrogen-bond acceptors (Lipinski definition) is 4. The van der Waals surface area contributed by atoms with Crippen molar-refractivity contribution in [2.24, 2.45) is 0 Å². The lowest BCUT2D eigenvalue weighted by Gasteiger charge is -2.26. The van der Waals surface area contributed by atoms with Crippen LogP contribution in [-0.4, -0.2) is 39.8 Å². The van der Waals surface area contributed by atoms with E-state index < -0.39 is 5.82 Å². The van der Waals surface area contributed by atoms with Gasteiger partial charge in [-0.1, -0.05) is 42.5 Å². The van der Waals surface area contributed by atoms with E-state index in [1.54, 1.807) is 21.7 Å². The average molecular weight is 486 g/mol. The number of hydrogen-bond donors (Lipinski definition) is 0. The summed E-state index contributed by atoms with van der Waals surface area (Å²) in [5, 5.41) is 4.77. The molecular weight excluding hydrogens is 457 g/mol. The van der Waals surface area contributed by atoms with Gasteiger partial charge >= 0.3 is 0 Å². The summed E-state index contributed by atoms with van der Waals surface area (Å²) in [6.45, 7) is 3.23. The van der Waals surface area contributed by atoms with Crippen LogP contribution in [0.3, 0.4) is 0 Å². The molecule has 1 aromatic heterocycles. The second-order valence-corrected chi connectivity index (χ2v) is 8.86. The van der Waals surface area contributed by atoms with Gasteiger partial charge in [-0.25, -0.2) is 9.07 Å². The summed E-state index contributed by atoms with van der Waals surface area (Å²) >= 11 is 0. The molecule has 0 saturated carbocycles. The Hall–Kier alpha value is -3.97. The first-order valence-corrected chi connectivity index (χ1v) is 12.1. The van der Waals surface area contributed by atoms with Crippen molar-refractivity contribution in [1.29, 1.82) is 0 Å². The molecule has 1 aliphatic heterocycles. The molecular formula is C29H28FN3O3. The Morgan fingerprint density at radius 3 is 2.53 bits per heavy atom. The van der Waals surface area contributed by atoms with Crippen LogP contribution in [0.1, 0.15) is 34.5 Å². The van der Waals surface area contributed by atoms with E-state index in [2.05, 4.69) is 0 Å². The summed E-state index contributed by atoms with van der Waals surface area (Å²) in [4.78, 5) is 15.3. The Kier molecular flexibility index (Phi) is 7.09. The van der Waals surface area contributed by atoms with Gasteiger partial charge in [-0.05, 0) is 62.2 Å². The second kappa shape index (κ2) is 10.7. The number of amides is 1. The molecule has 6 nitrogen and oxygen atoms in total. The fraction of sp³-hybridized carbons (Fsp3) is 0.241. The van der Waals surface area contributed by atoms with Crippen molar-refractivity contribution in [3.8, 4) is 17.3 Å². The van der Waals surface area contributed by atoms with Crippen LogP contribution >= 0.6 is 0 Å². The normalized spacial score (nSPS) is 15.1. The van der Waals surface area contributed by atoms with Crippen molar-refractivity contribution in [1.82, 2.24) is 14.7 Å². The lowest BCUT2D eigenvalue weighted by Crippen LogP contribution is -2.37. The van der Waals surface area contributed by atoms with Crippen LogP contribution in [0, 0.1) is 12.7 Å². The number of carbonyl (C=O) groups is 1. The first kappa shape index (κ1) is 23.8. The molecule has 0 bridgehead atoms. The van der Waals surface area contributed by atoms with Crippen LogP contribution in [-0.2, 0) is 11.3 Å². The minimum Gasteiger partial charge on any atom is -0.439 e. The second-order valence-electron chi connectivity index (χ2n) is 8.86. The molecule has 4 aromatic rings. The Balaban J connectivity index is 1.54. The Bertz CT molecular complexity index is 1320. The van der Waals surface area contributed by atoms with Crippen molar-refractivity contribution >= 4 is 5.91 Å². The highest BCUT2D eigenvalue weighted by molar-refractivity contribution is 5.94. The van der Waals surface area contributed by atoms with Crippen molar-refractivity contribution in [2.75, 3.05) is 13.2 Å². The van der Waals surface area contributed by atoms with Gasteiger partial charge in [0.15, 0.2) is 0 Å². The minimum atomic E-state index is -0.445. The monoisotopic (exact) mass is 485 g/mol. The average Bonchev–Trinajstić information content (AvgIpc) is 3.52. The molecule has 1 saturated heterocycles. The smallest absolute Gasteiger partial charge is 0.254 e. The minimum absolute atomic E-state index is 0.0644. The fourth-order valence-electron chi connectivity index (χ4n) is 4.42. The SMILES string of the molecule is Cc1nn(-c2ccccc2)c(Oc2ccccc2)c1CN(C[C@H]1CCCO1)C(=O)c1cccc(F)c1. The van der Waals surface area contributed by atoms with Crippen LogP contribution in [0.4, 0.5) is 4.39 Å². The van der Waals surface area contributed by atoms with Gasteiger partial charge in [0.2, 0.25) is 5.88 Å². The maximum Gasteiger partial charge on any atom is 0.254 e. The maximum absolute atomic E-state index is 14.0. The zero-order valence-corrected chi connectivity index (χ0v) is 20.1. The molecule has 36 heavy (non-hydrogen) atoms. The summed E-state index contributed by atoms with van der Waals surface area (Å²) in [5.41, 5.74) is 2.67. The summed E-state index contributed by atoms with van der Waals surface area (Å²) in [5.74, 6) is 0.494. The van der Waals surface area contributed by atoms with E-state index in [9.17, 15) is 9.18 Å². The number of aromatic nitrogens is 2. The molecule has 3 aromatic carbocycles. The molecule has 7 heteroatoms. The molecule has 1 atom stereocenters. The molecule has 1 fully saturated rings. The largest absolute Gasteiger partial charge is 0.439 e. The highest BCUT2D eigenvalue weighted by Crippen LogP contribution is 2.32. The van der Waals surface area contributed by atoms with Gasteiger partial charge in [-0.3, -0.25) is 4.79 Å². The molecule has 1 aliphatic rings. The lowest BCUT2D eigenvalue weighted by molar-refractivity contribution is 0.0505. The van der Waals surface area contributed by atoms with Crippen LogP contribution in [0.2, 0.25) is 0 Å². The third-order valence-electron chi connectivity index (χ3n) is 6.25. The van der Waals surface area contributed by atoms with Crippen molar-refractivity contribution in [2.45, 2.75) is 32.4 Å². The standard InChI is InChI=1S/C29H28FN3O3/c1-21-27(20-32(19-26-16-9-17-35-26)28(34)22-10-8-11-23(30)18-22)29(36-25-14-6-3-7-15-25)33(31-21)24-12-4-2-5-13-24/h2-8,10-15,18,26H,9,16-17,19-20H2,1H3/t26-/m1/s1. The molecule has 0 unspecified atom stereocenters. The topological polar surface area (TPSA) is 56.6 Å². The van der Waals surface area contributed by atoms with E-state index in [4.69, 9.17) is 14.6 Å². The summed E-state index contributed by atoms with van der Waals surface area (Å²) in [6, 6.07) is 25.0. The van der Waals surface area contributed by atoms with E-state index in [0.717, 1.165) is 29.8 Å². The van der Waals surface area contributed by atoms with Crippen LogP contribution in [0.15, 0.2) is 84.9 Å². The van der Waals surface area contributed by atoms with Gasteiger partial charge in [0.1, 0.15) is 11.6 Å². The van der Waals surface area contributed by atoms with E-state index in [-0.39, 0.29) is 18.6 Å². The van der Waals surface area contributed by atoms with Gasteiger partial charge in [-0.15, -0.1) is 0 Å². The highest BCUT2D eigenvalue weighted by atomic mass is 19.1. The maximum atomic E-state index is 14.0. The van der Waals surface area contributed by atoms with Gasteiger partial charge in [-0.2, -0.15) is 5.10 Å². The number of carbonyl (C=O) groups excluding carboxylic acids is 1. The van der Waals surface area contributed by atoms with Crippen molar-refractivity contribution < 1.29 is 18.7 Å². The zero-order chi connectivity index (χ0) is 24.9. The molecule has 0 N–H and O–H groups in total. The van der Waals surface area contributed by atoms with E-state index >= 15 is 0 Å². The van der Waals surface area contributed by atoms with Gasteiger partial charge in [0.05, 0.1) is 29.6 Å². The first-order chi connectivity index (χ1) is 17.6. The van der Waals surface area contributed by atoms with Gasteiger partial charge in [0.25, 0.3) is 5.91 Å². The zero-order valence-electron chi connectivity index (χ0n) is 20.1. The van der Waals surface area contributed by atoms with Crippen molar-refractivity contribution in [3.63, 3.8) is 0 Å². The molecule has 0 aliphatic carbocycles. The summed E-state index contributed by atoms with van der Waals surface area (Å²) in [7, 11) is 0. The molecule has 184 valence electrons. The Morgan fingerprint density at radius 2 is 1.83 bits per heavy atom. The summed E-state index contributed by atoms with van der Waals surface area (Å²) < 4.78 is 27.9. The van der Waals surface area contributed by atoms with E-state index in [1.807, 2.05) is 67.6 Å². The van der Waals surface area contributed by atoms with Gasteiger partial charge in [0, 0.05) is 18.7 Å². The van der Waals surface area contributed by atoms with E-state index in [0.29, 0.717) is 30.3 Å². The molecule has 1 amide bonds.